The average Bonchev–Trinajstić information content (AvgIpc) is 2.07. The van der Waals surface area contributed by atoms with Crippen LogP contribution >= 0.6 is 0 Å². The smallest absolute Gasteiger partial charge is 0.137 e. The molecule has 0 atom stereocenters. The van der Waals surface area contributed by atoms with Crippen molar-refractivity contribution in [2.45, 2.75) is 19.8 Å². The maximum absolute atomic E-state index is 5.36. The van der Waals surface area contributed by atoms with E-state index < -0.39 is 0 Å². The zero-order chi connectivity index (χ0) is 7.94. The van der Waals surface area contributed by atoms with E-state index in [0.29, 0.717) is 0 Å². The first-order valence-electron chi connectivity index (χ1n) is 3.88. The summed E-state index contributed by atoms with van der Waals surface area (Å²) in [6.07, 6.45) is 6.62. The lowest BCUT2D eigenvalue weighted by Crippen LogP contribution is -1.96. The lowest BCUT2D eigenvalue weighted by atomic mass is 10.4. The van der Waals surface area contributed by atoms with Gasteiger partial charge < -0.3 is 4.74 Å². The molecule has 2 heteroatoms. The molecule has 1 heterocycles. The predicted octanol–water partition coefficient (Wildman–Crippen LogP) is 2.06. The topological polar surface area (TPSA) is 22.1 Å². The lowest BCUT2D eigenvalue weighted by Gasteiger charge is -2.02. The minimum atomic E-state index is 0.780. The third-order valence-electron chi connectivity index (χ3n) is 1.36. The highest BCUT2D eigenvalue weighted by Gasteiger charge is 1.89. The van der Waals surface area contributed by atoms with Crippen LogP contribution in [-0.2, 0) is 0 Å². The Bertz CT molecular complexity index is 186. The number of hydrogen-bond donors (Lipinski definition) is 0. The van der Waals surface area contributed by atoms with Crippen molar-refractivity contribution < 1.29 is 4.74 Å². The molecule has 1 aromatic heterocycles. The second-order valence-electron chi connectivity index (χ2n) is 2.33. The largest absolute Gasteiger partial charge is 0.492 e. The van der Waals surface area contributed by atoms with Crippen LogP contribution in [0, 0.1) is 6.20 Å². The van der Waals surface area contributed by atoms with Crippen LogP contribution in [0.1, 0.15) is 19.8 Å². The molecule has 0 spiro atoms. The first-order chi connectivity index (χ1) is 5.43. The van der Waals surface area contributed by atoms with Crippen LogP contribution in [0.25, 0.3) is 0 Å². The minimum absolute atomic E-state index is 0.780. The molecule has 0 saturated heterocycles. The molecule has 1 radical (unpaired) electrons. The van der Waals surface area contributed by atoms with E-state index in [2.05, 4.69) is 18.1 Å². The van der Waals surface area contributed by atoms with E-state index in [0.717, 1.165) is 25.2 Å². The van der Waals surface area contributed by atoms with E-state index in [4.69, 9.17) is 4.74 Å². The molecule has 0 aliphatic rings. The molecule has 1 aromatic rings. The fourth-order valence-electron chi connectivity index (χ4n) is 0.726. The molecule has 0 amide bonds. The summed E-state index contributed by atoms with van der Waals surface area (Å²) in [6.45, 7) is 2.92. The zero-order valence-corrected chi connectivity index (χ0v) is 6.71. The molecule has 2 nitrogen and oxygen atoms in total. The van der Waals surface area contributed by atoms with Crippen molar-refractivity contribution in [3.8, 4) is 5.75 Å². The summed E-state index contributed by atoms with van der Waals surface area (Å²) in [5.41, 5.74) is 0. The summed E-state index contributed by atoms with van der Waals surface area (Å²) in [6, 6.07) is 3.62. The number of aromatic nitrogens is 1. The van der Waals surface area contributed by atoms with Gasteiger partial charge in [0.1, 0.15) is 5.75 Å². The summed E-state index contributed by atoms with van der Waals surface area (Å²) >= 11 is 0. The van der Waals surface area contributed by atoms with Crippen LogP contribution in [0.3, 0.4) is 0 Å². The van der Waals surface area contributed by atoms with E-state index in [-0.39, 0.29) is 0 Å². The maximum atomic E-state index is 5.36. The van der Waals surface area contributed by atoms with E-state index >= 15 is 0 Å². The molecule has 11 heavy (non-hydrogen) atoms. The van der Waals surface area contributed by atoms with Gasteiger partial charge in [-0.15, -0.1) is 0 Å². The highest BCUT2D eigenvalue weighted by molar-refractivity contribution is 5.14. The summed E-state index contributed by atoms with van der Waals surface area (Å²) < 4.78 is 5.36. The molecule has 0 unspecified atom stereocenters. The van der Waals surface area contributed by atoms with Crippen LogP contribution in [0.4, 0.5) is 0 Å². The minimum Gasteiger partial charge on any atom is -0.492 e. The summed E-state index contributed by atoms with van der Waals surface area (Å²) in [5.74, 6) is 0.831. The Labute approximate surface area is 67.2 Å². The zero-order valence-electron chi connectivity index (χ0n) is 6.71. The van der Waals surface area contributed by atoms with Crippen LogP contribution in [-0.4, -0.2) is 11.6 Å². The fourth-order valence-corrected chi connectivity index (χ4v) is 0.726. The number of ether oxygens (including phenoxy) is 1. The van der Waals surface area contributed by atoms with Crippen molar-refractivity contribution in [1.82, 2.24) is 4.98 Å². The monoisotopic (exact) mass is 150 g/mol. The fraction of sp³-hybridized carbons (Fsp3) is 0.444. The van der Waals surface area contributed by atoms with Crippen molar-refractivity contribution >= 4 is 0 Å². The molecule has 0 aliphatic heterocycles. The van der Waals surface area contributed by atoms with Gasteiger partial charge in [0.05, 0.1) is 19.0 Å². The first kappa shape index (κ1) is 8.05. The molecular formula is C9H12NO. The van der Waals surface area contributed by atoms with Crippen LogP contribution in [0.5, 0.6) is 5.75 Å². The Balaban J connectivity index is 2.28. The summed E-state index contributed by atoms with van der Waals surface area (Å²) in [4.78, 5) is 3.81. The number of rotatable bonds is 4. The molecule has 59 valence electrons. The SMILES string of the molecule is CCCCOc1cc[c]nc1. The van der Waals surface area contributed by atoms with Crippen LogP contribution in [0.2, 0.25) is 0 Å². The number of nitrogens with zero attached hydrogens (tertiary/aromatic N) is 1. The van der Waals surface area contributed by atoms with Crippen molar-refractivity contribution in [1.29, 1.82) is 0 Å². The second kappa shape index (κ2) is 4.72. The number of pyridine rings is 1. The molecule has 0 fully saturated rings. The van der Waals surface area contributed by atoms with Gasteiger partial charge in [0, 0.05) is 0 Å². The van der Waals surface area contributed by atoms with Gasteiger partial charge in [-0.2, -0.15) is 0 Å². The Morgan fingerprint density at radius 2 is 2.55 bits per heavy atom. The van der Waals surface area contributed by atoms with Crippen molar-refractivity contribution in [3.63, 3.8) is 0 Å². The average molecular weight is 150 g/mol. The molecule has 0 N–H and O–H groups in total. The van der Waals surface area contributed by atoms with Gasteiger partial charge in [-0.05, 0) is 18.6 Å². The number of unbranched alkanes of at least 4 members (excludes halogenated alkanes) is 1. The third-order valence-corrected chi connectivity index (χ3v) is 1.36. The van der Waals surface area contributed by atoms with Gasteiger partial charge in [-0.1, -0.05) is 13.3 Å². The van der Waals surface area contributed by atoms with Gasteiger partial charge in [-0.25, -0.2) is 0 Å². The summed E-state index contributed by atoms with van der Waals surface area (Å²) in [5, 5.41) is 0. The quantitative estimate of drug-likeness (QED) is 0.613. The van der Waals surface area contributed by atoms with Crippen molar-refractivity contribution in [2.24, 2.45) is 0 Å². The Kier molecular flexibility index (Phi) is 3.45. The second-order valence-corrected chi connectivity index (χ2v) is 2.33. The molecule has 0 saturated carbocycles. The third kappa shape index (κ3) is 3.03. The lowest BCUT2D eigenvalue weighted by molar-refractivity contribution is 0.308. The first-order valence-corrected chi connectivity index (χ1v) is 3.88. The van der Waals surface area contributed by atoms with Gasteiger partial charge in [0.15, 0.2) is 0 Å². The maximum Gasteiger partial charge on any atom is 0.137 e. The molecule has 0 aromatic carbocycles. The van der Waals surface area contributed by atoms with Crippen molar-refractivity contribution in [2.75, 3.05) is 6.61 Å². The molecule has 1 rings (SSSR count). The Morgan fingerprint density at radius 3 is 3.18 bits per heavy atom. The van der Waals surface area contributed by atoms with E-state index in [1.165, 1.54) is 0 Å². The Morgan fingerprint density at radius 1 is 1.64 bits per heavy atom. The normalized spacial score (nSPS) is 9.55. The van der Waals surface area contributed by atoms with Gasteiger partial charge in [0.2, 0.25) is 0 Å². The van der Waals surface area contributed by atoms with Crippen LogP contribution in [0.15, 0.2) is 18.3 Å². The number of hydrogen-bond acceptors (Lipinski definition) is 2. The van der Waals surface area contributed by atoms with Gasteiger partial charge in [-0.3, -0.25) is 4.98 Å². The molecule has 0 bridgehead atoms. The standard InChI is InChI=1S/C9H12NO/c1-2-3-7-11-9-5-4-6-10-8-9/h4-5,8H,2-3,7H2,1H3. The van der Waals surface area contributed by atoms with E-state index in [1.54, 1.807) is 12.3 Å². The highest BCUT2D eigenvalue weighted by atomic mass is 16.5. The van der Waals surface area contributed by atoms with E-state index in [9.17, 15) is 0 Å². The van der Waals surface area contributed by atoms with Crippen molar-refractivity contribution in [3.05, 3.63) is 24.5 Å². The van der Waals surface area contributed by atoms with Gasteiger partial charge in [0.25, 0.3) is 0 Å². The predicted molar refractivity (Wildman–Crippen MR) is 43.5 cm³/mol. The van der Waals surface area contributed by atoms with Gasteiger partial charge >= 0.3 is 0 Å². The Hall–Kier alpha value is -1.05. The summed E-state index contributed by atoms with van der Waals surface area (Å²) in [7, 11) is 0. The van der Waals surface area contributed by atoms with E-state index in [1.807, 2.05) is 6.07 Å². The molecule has 0 aliphatic carbocycles. The molecular weight excluding hydrogens is 138 g/mol. The van der Waals surface area contributed by atoms with Crippen LogP contribution < -0.4 is 4.74 Å². The highest BCUT2D eigenvalue weighted by Crippen LogP contribution is 2.06.